The summed E-state index contributed by atoms with van der Waals surface area (Å²) < 4.78 is 2.17. The number of nitrogens with zero attached hydrogens (tertiary/aromatic N) is 2. The topological polar surface area (TPSA) is 29.9 Å². The first kappa shape index (κ1) is 15.9. The van der Waals surface area contributed by atoms with Crippen molar-refractivity contribution in [2.45, 2.75) is 13.0 Å². The molecule has 0 saturated carbocycles. The third-order valence-corrected chi connectivity index (χ3v) is 4.46. The predicted molar refractivity (Wildman–Crippen MR) is 97.2 cm³/mol. The van der Waals surface area contributed by atoms with Gasteiger partial charge in [-0.25, -0.2) is 4.98 Å². The van der Waals surface area contributed by atoms with Gasteiger partial charge in [0.2, 0.25) is 0 Å². The molecule has 0 spiro atoms. The highest BCUT2D eigenvalue weighted by Gasteiger charge is 2.13. The molecule has 1 heterocycles. The normalized spacial score (nSPS) is 10.9. The van der Waals surface area contributed by atoms with Crippen molar-refractivity contribution < 1.29 is 0 Å². The molecule has 1 N–H and O–H groups in total. The van der Waals surface area contributed by atoms with Crippen molar-refractivity contribution >= 4 is 34.2 Å². The average Bonchev–Trinajstić information content (AvgIpc) is 2.89. The number of fused-ring (bicyclic) bond motifs is 1. The van der Waals surface area contributed by atoms with E-state index in [4.69, 9.17) is 28.2 Å². The highest BCUT2D eigenvalue weighted by atomic mass is 35.5. The Morgan fingerprint density at radius 3 is 2.57 bits per heavy atom. The van der Waals surface area contributed by atoms with Crippen LogP contribution in [0, 0.1) is 0 Å². The minimum absolute atomic E-state index is 0.600. The number of nitrogens with one attached hydrogen (secondary N) is 1. The zero-order valence-electron chi connectivity index (χ0n) is 12.6. The fourth-order valence-electron chi connectivity index (χ4n) is 2.62. The van der Waals surface area contributed by atoms with Gasteiger partial charge >= 0.3 is 0 Å². The lowest BCUT2D eigenvalue weighted by molar-refractivity contribution is 0.709. The summed E-state index contributed by atoms with van der Waals surface area (Å²) >= 11 is 12.7. The van der Waals surface area contributed by atoms with Crippen LogP contribution in [-0.2, 0) is 13.0 Å². The van der Waals surface area contributed by atoms with Gasteiger partial charge in [-0.1, -0.05) is 48.0 Å². The summed E-state index contributed by atoms with van der Waals surface area (Å²) in [5.74, 6) is 0.997. The number of rotatable bonds is 6. The molecule has 0 fully saturated rings. The van der Waals surface area contributed by atoms with Crippen molar-refractivity contribution in [3.05, 3.63) is 76.7 Å². The van der Waals surface area contributed by atoms with Crippen LogP contribution < -0.4 is 5.32 Å². The number of aromatic nitrogens is 2. The third-order valence-electron chi connectivity index (χ3n) is 3.75. The summed E-state index contributed by atoms with van der Waals surface area (Å²) in [7, 11) is 0. The molecule has 118 valence electrons. The van der Waals surface area contributed by atoms with Gasteiger partial charge in [-0.15, -0.1) is 0 Å². The quantitative estimate of drug-likeness (QED) is 0.658. The lowest BCUT2D eigenvalue weighted by Gasteiger charge is -2.12. The molecule has 3 nitrogen and oxygen atoms in total. The van der Waals surface area contributed by atoms with Gasteiger partial charge in [0.15, 0.2) is 0 Å². The number of imidazole rings is 1. The van der Waals surface area contributed by atoms with Crippen molar-refractivity contribution in [1.29, 1.82) is 0 Å². The maximum Gasteiger partial charge on any atom is 0.111 e. The zero-order chi connectivity index (χ0) is 16.2. The standard InChI is InChI=1S/C18H17Cl2N3/c1-2-21-11-10-18-22-16-8-3-4-9-17(16)23(18)12-13-14(19)6-5-7-15(13)20/h2-9,21H,1,10-12H2. The molecule has 0 saturated heterocycles. The van der Waals surface area contributed by atoms with Crippen molar-refractivity contribution in [1.82, 2.24) is 14.9 Å². The second-order valence-electron chi connectivity index (χ2n) is 5.21. The molecule has 0 aliphatic rings. The van der Waals surface area contributed by atoms with Crippen LogP contribution in [0.25, 0.3) is 11.0 Å². The van der Waals surface area contributed by atoms with Crippen LogP contribution in [0.4, 0.5) is 0 Å². The van der Waals surface area contributed by atoms with Gasteiger partial charge < -0.3 is 9.88 Å². The maximum atomic E-state index is 6.33. The maximum absolute atomic E-state index is 6.33. The molecule has 0 atom stereocenters. The molecular formula is C18H17Cl2N3. The van der Waals surface area contributed by atoms with E-state index in [1.54, 1.807) is 6.20 Å². The molecule has 0 aliphatic carbocycles. The van der Waals surface area contributed by atoms with E-state index in [-0.39, 0.29) is 0 Å². The van der Waals surface area contributed by atoms with Gasteiger partial charge in [0.25, 0.3) is 0 Å². The Bertz CT molecular complexity index is 819. The molecule has 23 heavy (non-hydrogen) atoms. The van der Waals surface area contributed by atoms with Crippen LogP contribution in [0.15, 0.2) is 55.2 Å². The van der Waals surface area contributed by atoms with E-state index in [9.17, 15) is 0 Å². The molecule has 0 aliphatic heterocycles. The van der Waals surface area contributed by atoms with E-state index in [1.807, 2.05) is 36.4 Å². The molecule has 3 aromatic rings. The monoisotopic (exact) mass is 345 g/mol. The second kappa shape index (κ2) is 7.07. The van der Waals surface area contributed by atoms with Crippen molar-refractivity contribution in [3.8, 4) is 0 Å². The lowest BCUT2D eigenvalue weighted by Crippen LogP contribution is -2.14. The number of hydrogen-bond acceptors (Lipinski definition) is 2. The van der Waals surface area contributed by atoms with Crippen molar-refractivity contribution in [3.63, 3.8) is 0 Å². The van der Waals surface area contributed by atoms with E-state index in [0.717, 1.165) is 35.4 Å². The smallest absolute Gasteiger partial charge is 0.111 e. The first-order chi connectivity index (χ1) is 11.2. The molecular weight excluding hydrogens is 329 g/mol. The fourth-order valence-corrected chi connectivity index (χ4v) is 3.14. The summed E-state index contributed by atoms with van der Waals surface area (Å²) in [6, 6.07) is 13.7. The van der Waals surface area contributed by atoms with Crippen molar-refractivity contribution in [2.75, 3.05) is 6.54 Å². The van der Waals surface area contributed by atoms with Gasteiger partial charge in [0.05, 0.1) is 17.6 Å². The Hall–Kier alpha value is -1.97. The Kier molecular flexibility index (Phi) is 4.89. The van der Waals surface area contributed by atoms with Gasteiger partial charge in [-0.2, -0.15) is 0 Å². The molecule has 0 radical (unpaired) electrons. The zero-order valence-corrected chi connectivity index (χ0v) is 14.1. The van der Waals surface area contributed by atoms with Crippen LogP contribution in [0.2, 0.25) is 10.0 Å². The van der Waals surface area contributed by atoms with Gasteiger partial charge in [-0.05, 0) is 30.5 Å². The summed E-state index contributed by atoms with van der Waals surface area (Å²) in [4.78, 5) is 4.74. The SMILES string of the molecule is C=CNCCc1nc2ccccc2n1Cc1c(Cl)cccc1Cl. The van der Waals surface area contributed by atoms with E-state index < -0.39 is 0 Å². The summed E-state index contributed by atoms with van der Waals surface area (Å²) in [5.41, 5.74) is 2.97. The van der Waals surface area contributed by atoms with Gasteiger partial charge in [0.1, 0.15) is 5.82 Å². The molecule has 0 unspecified atom stereocenters. The number of halogens is 2. The Labute approximate surface area is 145 Å². The Morgan fingerprint density at radius 1 is 1.09 bits per heavy atom. The largest absolute Gasteiger partial charge is 0.391 e. The third kappa shape index (κ3) is 3.36. The first-order valence-electron chi connectivity index (χ1n) is 7.42. The highest BCUT2D eigenvalue weighted by molar-refractivity contribution is 6.36. The molecule has 3 rings (SSSR count). The van der Waals surface area contributed by atoms with Crippen LogP contribution in [-0.4, -0.2) is 16.1 Å². The van der Waals surface area contributed by atoms with Crippen LogP contribution >= 0.6 is 23.2 Å². The minimum atomic E-state index is 0.600. The van der Waals surface area contributed by atoms with E-state index in [1.165, 1.54) is 0 Å². The molecule has 2 aromatic carbocycles. The minimum Gasteiger partial charge on any atom is -0.391 e. The summed E-state index contributed by atoms with van der Waals surface area (Å²) in [5, 5.41) is 4.46. The van der Waals surface area contributed by atoms with Crippen LogP contribution in [0.1, 0.15) is 11.4 Å². The average molecular weight is 346 g/mol. The van der Waals surface area contributed by atoms with Crippen LogP contribution in [0.3, 0.4) is 0 Å². The Morgan fingerprint density at radius 2 is 1.83 bits per heavy atom. The highest BCUT2D eigenvalue weighted by Crippen LogP contribution is 2.27. The number of para-hydroxylation sites is 2. The molecule has 0 bridgehead atoms. The molecule has 1 aromatic heterocycles. The molecule has 0 amide bonds. The van der Waals surface area contributed by atoms with Crippen LogP contribution in [0.5, 0.6) is 0 Å². The summed E-state index contributed by atoms with van der Waals surface area (Å²) in [6.07, 6.45) is 2.49. The summed E-state index contributed by atoms with van der Waals surface area (Å²) in [6.45, 7) is 5.06. The van der Waals surface area contributed by atoms with E-state index in [0.29, 0.717) is 16.6 Å². The lowest BCUT2D eigenvalue weighted by atomic mass is 10.2. The predicted octanol–water partition coefficient (Wildman–Crippen LogP) is 4.67. The van der Waals surface area contributed by atoms with Gasteiger partial charge in [0, 0.05) is 28.6 Å². The van der Waals surface area contributed by atoms with E-state index >= 15 is 0 Å². The second-order valence-corrected chi connectivity index (χ2v) is 6.03. The van der Waals surface area contributed by atoms with Crippen molar-refractivity contribution in [2.24, 2.45) is 0 Å². The fraction of sp³-hybridized carbons (Fsp3) is 0.167. The molecule has 5 heteroatoms. The first-order valence-corrected chi connectivity index (χ1v) is 8.17. The Balaban J connectivity index is 2.03. The van der Waals surface area contributed by atoms with E-state index in [2.05, 4.69) is 22.5 Å². The number of benzene rings is 2. The number of hydrogen-bond donors (Lipinski definition) is 1. The van der Waals surface area contributed by atoms with Gasteiger partial charge in [-0.3, -0.25) is 0 Å².